The summed E-state index contributed by atoms with van der Waals surface area (Å²) in [6.07, 6.45) is 0.744. The molecule has 0 spiro atoms. The smallest absolute Gasteiger partial charge is 0.222 e. The van der Waals surface area contributed by atoms with Crippen LogP contribution in [0.25, 0.3) is 11.3 Å². The van der Waals surface area contributed by atoms with Gasteiger partial charge in [0.25, 0.3) is 0 Å². The van der Waals surface area contributed by atoms with Crippen molar-refractivity contribution in [3.05, 3.63) is 22.7 Å². The van der Waals surface area contributed by atoms with Gasteiger partial charge in [-0.3, -0.25) is 0 Å². The quantitative estimate of drug-likeness (QED) is 0.916. The van der Waals surface area contributed by atoms with Gasteiger partial charge in [-0.05, 0) is 6.42 Å². The molecule has 19 heavy (non-hydrogen) atoms. The first-order valence-electron chi connectivity index (χ1n) is 6.04. The van der Waals surface area contributed by atoms with E-state index < -0.39 is 0 Å². The van der Waals surface area contributed by atoms with Gasteiger partial charge in [0.1, 0.15) is 18.9 Å². The number of halogens is 1. The van der Waals surface area contributed by atoms with Crippen LogP contribution in [0.4, 0.5) is 5.88 Å². The molecular formula is C13H13ClN2O3. The Hall–Kier alpha value is -1.88. The molecule has 0 amide bonds. The van der Waals surface area contributed by atoms with Crippen molar-refractivity contribution in [3.63, 3.8) is 0 Å². The zero-order valence-electron chi connectivity index (χ0n) is 10.4. The predicted molar refractivity (Wildman–Crippen MR) is 71.7 cm³/mol. The molecule has 0 saturated carbocycles. The Labute approximate surface area is 115 Å². The van der Waals surface area contributed by atoms with Gasteiger partial charge < -0.3 is 19.7 Å². The SMILES string of the molecule is CCc1c2c(cc(Cl)c1-c1cc(N)on1)OCCO2. The summed E-state index contributed by atoms with van der Waals surface area (Å²) in [6.45, 7) is 3.08. The Bertz CT molecular complexity index is 625. The van der Waals surface area contributed by atoms with E-state index in [9.17, 15) is 0 Å². The van der Waals surface area contributed by atoms with Gasteiger partial charge in [-0.25, -0.2) is 0 Å². The van der Waals surface area contributed by atoms with Crippen LogP contribution in [-0.2, 0) is 6.42 Å². The third-order valence-corrected chi connectivity index (χ3v) is 3.32. The summed E-state index contributed by atoms with van der Waals surface area (Å²) >= 11 is 6.33. The number of hydrogen-bond acceptors (Lipinski definition) is 5. The van der Waals surface area contributed by atoms with Crippen LogP contribution < -0.4 is 15.2 Å². The maximum atomic E-state index is 6.33. The molecule has 0 fully saturated rings. The highest BCUT2D eigenvalue weighted by atomic mass is 35.5. The molecule has 6 heteroatoms. The molecule has 0 radical (unpaired) electrons. The van der Waals surface area contributed by atoms with Crippen LogP contribution in [0, 0.1) is 0 Å². The average molecular weight is 281 g/mol. The fourth-order valence-corrected chi connectivity index (χ4v) is 2.55. The van der Waals surface area contributed by atoms with E-state index in [-0.39, 0.29) is 5.88 Å². The van der Waals surface area contributed by atoms with Gasteiger partial charge in [0, 0.05) is 23.3 Å². The standard InChI is InChI=1S/C13H13ClN2O3/c1-2-7-12(9-6-11(15)19-16-9)8(14)5-10-13(7)18-4-3-17-10/h5-6H,2-4,15H2,1H3. The van der Waals surface area contributed by atoms with Crippen LogP contribution in [0.2, 0.25) is 5.02 Å². The molecule has 1 aromatic carbocycles. The number of fused-ring (bicyclic) bond motifs is 1. The van der Waals surface area contributed by atoms with Crippen LogP contribution in [0.15, 0.2) is 16.7 Å². The van der Waals surface area contributed by atoms with E-state index in [0.717, 1.165) is 23.3 Å². The molecule has 0 saturated heterocycles. The molecule has 2 N–H and O–H groups in total. The highest BCUT2D eigenvalue weighted by molar-refractivity contribution is 6.33. The van der Waals surface area contributed by atoms with Crippen LogP contribution in [-0.4, -0.2) is 18.4 Å². The Morgan fingerprint density at radius 3 is 2.79 bits per heavy atom. The molecule has 0 aliphatic carbocycles. The molecule has 1 aliphatic heterocycles. The largest absolute Gasteiger partial charge is 0.486 e. The predicted octanol–water partition coefficient (Wildman–Crippen LogP) is 2.91. The Morgan fingerprint density at radius 2 is 2.11 bits per heavy atom. The second-order valence-corrected chi connectivity index (χ2v) is 4.61. The molecule has 1 aromatic heterocycles. The fourth-order valence-electron chi connectivity index (χ4n) is 2.24. The number of anilines is 1. The number of nitrogens with two attached hydrogens (primary N) is 1. The van der Waals surface area contributed by atoms with E-state index in [0.29, 0.717) is 29.7 Å². The average Bonchev–Trinajstić information content (AvgIpc) is 2.83. The van der Waals surface area contributed by atoms with Crippen molar-refractivity contribution in [1.29, 1.82) is 0 Å². The van der Waals surface area contributed by atoms with Crippen LogP contribution >= 0.6 is 11.6 Å². The molecule has 5 nitrogen and oxygen atoms in total. The normalized spacial score (nSPS) is 13.6. The summed E-state index contributed by atoms with van der Waals surface area (Å²) < 4.78 is 16.2. The van der Waals surface area contributed by atoms with E-state index in [1.54, 1.807) is 12.1 Å². The molecule has 1 aliphatic rings. The molecule has 3 rings (SSSR count). The van der Waals surface area contributed by atoms with Crippen LogP contribution in [0.5, 0.6) is 11.5 Å². The van der Waals surface area contributed by atoms with Crippen molar-refractivity contribution in [2.45, 2.75) is 13.3 Å². The minimum Gasteiger partial charge on any atom is -0.486 e. The monoisotopic (exact) mass is 280 g/mol. The minimum atomic E-state index is 0.253. The van der Waals surface area contributed by atoms with Crippen molar-refractivity contribution in [2.24, 2.45) is 0 Å². The first-order valence-corrected chi connectivity index (χ1v) is 6.42. The zero-order chi connectivity index (χ0) is 13.4. The highest BCUT2D eigenvalue weighted by Gasteiger charge is 2.23. The van der Waals surface area contributed by atoms with Gasteiger partial charge >= 0.3 is 0 Å². The Morgan fingerprint density at radius 1 is 1.32 bits per heavy atom. The first-order chi connectivity index (χ1) is 9.20. The van der Waals surface area contributed by atoms with Crippen LogP contribution in [0.1, 0.15) is 12.5 Å². The lowest BCUT2D eigenvalue weighted by molar-refractivity contribution is 0.170. The third-order valence-electron chi connectivity index (χ3n) is 3.02. The second-order valence-electron chi connectivity index (χ2n) is 4.20. The van der Waals surface area contributed by atoms with E-state index in [2.05, 4.69) is 5.16 Å². The van der Waals surface area contributed by atoms with Crippen molar-refractivity contribution in [1.82, 2.24) is 5.16 Å². The number of benzene rings is 1. The summed E-state index contributed by atoms with van der Waals surface area (Å²) in [5, 5.41) is 4.47. The molecule has 2 aromatic rings. The summed E-state index contributed by atoms with van der Waals surface area (Å²) in [7, 11) is 0. The number of aromatic nitrogens is 1. The van der Waals surface area contributed by atoms with Gasteiger partial charge in [0.15, 0.2) is 11.5 Å². The summed E-state index contributed by atoms with van der Waals surface area (Å²) in [5.74, 6) is 1.66. The number of rotatable bonds is 2. The van der Waals surface area contributed by atoms with E-state index in [4.69, 9.17) is 31.3 Å². The molecule has 0 unspecified atom stereocenters. The summed E-state index contributed by atoms with van der Waals surface area (Å²) in [4.78, 5) is 0. The van der Waals surface area contributed by atoms with Crippen molar-refractivity contribution in [2.75, 3.05) is 18.9 Å². The number of nitrogens with zero attached hydrogens (tertiary/aromatic N) is 1. The zero-order valence-corrected chi connectivity index (χ0v) is 11.2. The molecular weight excluding hydrogens is 268 g/mol. The highest BCUT2D eigenvalue weighted by Crippen LogP contribution is 2.44. The number of hydrogen-bond donors (Lipinski definition) is 1. The first kappa shape index (κ1) is 12.2. The molecule has 0 atom stereocenters. The van der Waals surface area contributed by atoms with Gasteiger partial charge in [-0.2, -0.15) is 0 Å². The summed E-state index contributed by atoms with van der Waals surface area (Å²) in [5.41, 5.74) is 7.92. The van der Waals surface area contributed by atoms with Crippen molar-refractivity contribution in [3.8, 4) is 22.8 Å². The van der Waals surface area contributed by atoms with Gasteiger partial charge in [0.2, 0.25) is 5.88 Å². The van der Waals surface area contributed by atoms with Gasteiger partial charge in [-0.1, -0.05) is 23.7 Å². The van der Waals surface area contributed by atoms with E-state index in [1.165, 1.54) is 0 Å². The maximum Gasteiger partial charge on any atom is 0.222 e. The number of ether oxygens (including phenoxy) is 2. The molecule has 2 heterocycles. The van der Waals surface area contributed by atoms with Crippen molar-refractivity contribution < 1.29 is 14.0 Å². The summed E-state index contributed by atoms with van der Waals surface area (Å²) in [6, 6.07) is 3.39. The fraction of sp³-hybridized carbons (Fsp3) is 0.308. The molecule has 0 bridgehead atoms. The number of nitrogen functional groups attached to an aromatic ring is 1. The topological polar surface area (TPSA) is 70.5 Å². The minimum absolute atomic E-state index is 0.253. The van der Waals surface area contributed by atoms with Crippen molar-refractivity contribution >= 4 is 17.5 Å². The van der Waals surface area contributed by atoms with Gasteiger partial charge in [-0.15, -0.1) is 0 Å². The van der Waals surface area contributed by atoms with Crippen LogP contribution in [0.3, 0.4) is 0 Å². The lowest BCUT2D eigenvalue weighted by atomic mass is 10.00. The van der Waals surface area contributed by atoms with E-state index in [1.807, 2.05) is 6.92 Å². The Balaban J connectivity index is 2.23. The second kappa shape index (κ2) is 4.66. The molecule has 100 valence electrons. The lowest BCUT2D eigenvalue weighted by Gasteiger charge is -2.23. The Kier molecular flexibility index (Phi) is 2.98. The third kappa shape index (κ3) is 2.00. The lowest BCUT2D eigenvalue weighted by Crippen LogP contribution is -2.17. The van der Waals surface area contributed by atoms with Gasteiger partial charge in [0.05, 0.1) is 5.02 Å². The van der Waals surface area contributed by atoms with E-state index >= 15 is 0 Å². The maximum absolute atomic E-state index is 6.33.